The summed E-state index contributed by atoms with van der Waals surface area (Å²) < 4.78 is 26.9. The normalized spacial score (nSPS) is 14.8. The van der Waals surface area contributed by atoms with Gasteiger partial charge < -0.3 is 5.32 Å². The number of nitrogens with one attached hydrogen (secondary N) is 1. The maximum Gasteiger partial charge on any atom is 0.130 e. The Balaban J connectivity index is 2.76. The molecule has 0 saturated heterocycles. The maximum atomic E-state index is 13.5. The average Bonchev–Trinajstić information content (AvgIpc) is 2.17. The fourth-order valence-electron chi connectivity index (χ4n) is 1.95. The van der Waals surface area contributed by atoms with Crippen molar-refractivity contribution in [1.82, 2.24) is 5.32 Å². The Labute approximate surface area is 95.9 Å². The topological polar surface area (TPSA) is 12.0 Å². The molecule has 3 heteroatoms. The molecule has 0 aliphatic carbocycles. The smallest absolute Gasteiger partial charge is 0.130 e. The van der Waals surface area contributed by atoms with Crippen LogP contribution in [0.25, 0.3) is 0 Å². The van der Waals surface area contributed by atoms with Gasteiger partial charge in [-0.05, 0) is 32.4 Å². The molecule has 0 amide bonds. The van der Waals surface area contributed by atoms with Gasteiger partial charge >= 0.3 is 0 Å². The lowest BCUT2D eigenvalue weighted by atomic mass is 10.1. The fourth-order valence-corrected chi connectivity index (χ4v) is 1.95. The Morgan fingerprint density at radius 3 is 2.25 bits per heavy atom. The van der Waals surface area contributed by atoms with Crippen LogP contribution in [0.2, 0.25) is 0 Å². The average molecular weight is 227 g/mol. The van der Waals surface area contributed by atoms with Crippen molar-refractivity contribution in [3.8, 4) is 0 Å². The number of benzene rings is 1. The molecular weight excluding hydrogens is 208 g/mol. The van der Waals surface area contributed by atoms with E-state index in [0.717, 1.165) is 12.8 Å². The molecule has 0 spiro atoms. The largest absolute Gasteiger partial charge is 0.308 e. The van der Waals surface area contributed by atoms with Crippen LogP contribution in [0.15, 0.2) is 18.2 Å². The molecule has 0 heterocycles. The standard InChI is InChI=1S/C13H19F2N/c1-4-6-9(2)16-10(3)13-11(14)7-5-8-12(13)15/h5,7-10,16H,4,6H2,1-3H3. The van der Waals surface area contributed by atoms with E-state index in [1.165, 1.54) is 18.2 Å². The van der Waals surface area contributed by atoms with Gasteiger partial charge in [-0.25, -0.2) is 8.78 Å². The van der Waals surface area contributed by atoms with Gasteiger partial charge in [0.2, 0.25) is 0 Å². The summed E-state index contributed by atoms with van der Waals surface area (Å²) in [5.41, 5.74) is 0.130. The van der Waals surface area contributed by atoms with Crippen molar-refractivity contribution in [2.75, 3.05) is 0 Å². The van der Waals surface area contributed by atoms with Gasteiger partial charge in [0.05, 0.1) is 0 Å². The molecule has 16 heavy (non-hydrogen) atoms. The van der Waals surface area contributed by atoms with Crippen molar-refractivity contribution in [3.05, 3.63) is 35.4 Å². The summed E-state index contributed by atoms with van der Waals surface area (Å²) in [7, 11) is 0. The van der Waals surface area contributed by atoms with E-state index in [1.54, 1.807) is 6.92 Å². The number of hydrogen-bond donors (Lipinski definition) is 1. The minimum atomic E-state index is -0.483. The van der Waals surface area contributed by atoms with E-state index in [0.29, 0.717) is 0 Å². The van der Waals surface area contributed by atoms with E-state index in [9.17, 15) is 8.78 Å². The van der Waals surface area contributed by atoms with Crippen LogP contribution in [0, 0.1) is 11.6 Å². The molecule has 1 aromatic carbocycles. The van der Waals surface area contributed by atoms with E-state index < -0.39 is 11.6 Å². The van der Waals surface area contributed by atoms with Gasteiger partial charge in [-0.15, -0.1) is 0 Å². The van der Waals surface area contributed by atoms with Crippen molar-refractivity contribution >= 4 is 0 Å². The highest BCUT2D eigenvalue weighted by molar-refractivity contribution is 5.22. The third-order valence-electron chi connectivity index (χ3n) is 2.69. The molecule has 1 N–H and O–H groups in total. The van der Waals surface area contributed by atoms with Gasteiger partial charge in [-0.2, -0.15) is 0 Å². The molecule has 2 unspecified atom stereocenters. The molecule has 0 radical (unpaired) electrons. The Bertz CT molecular complexity index is 318. The molecule has 1 nitrogen and oxygen atoms in total. The first-order valence-electron chi connectivity index (χ1n) is 5.76. The second-order valence-electron chi connectivity index (χ2n) is 4.21. The van der Waals surface area contributed by atoms with Gasteiger partial charge in [0.1, 0.15) is 11.6 Å². The Kier molecular flexibility index (Phi) is 4.87. The van der Waals surface area contributed by atoms with Crippen LogP contribution < -0.4 is 5.32 Å². The zero-order valence-corrected chi connectivity index (χ0v) is 10.1. The molecular formula is C13H19F2N. The second kappa shape index (κ2) is 5.94. The van der Waals surface area contributed by atoms with E-state index in [2.05, 4.69) is 12.2 Å². The SMILES string of the molecule is CCCC(C)NC(C)c1c(F)cccc1F. The van der Waals surface area contributed by atoms with Crippen LogP contribution in [0.5, 0.6) is 0 Å². The maximum absolute atomic E-state index is 13.5. The van der Waals surface area contributed by atoms with Crippen LogP contribution in [-0.4, -0.2) is 6.04 Å². The van der Waals surface area contributed by atoms with Gasteiger partial charge in [0.15, 0.2) is 0 Å². The van der Waals surface area contributed by atoms with Crippen molar-refractivity contribution in [2.24, 2.45) is 0 Å². The molecule has 0 aliphatic rings. The zero-order valence-electron chi connectivity index (χ0n) is 10.1. The first-order chi connectivity index (χ1) is 7.56. The monoisotopic (exact) mass is 227 g/mol. The summed E-state index contributed by atoms with van der Waals surface area (Å²) in [6.07, 6.45) is 2.06. The molecule has 2 atom stereocenters. The molecule has 0 fully saturated rings. The van der Waals surface area contributed by atoms with E-state index in [1.807, 2.05) is 6.92 Å². The summed E-state index contributed by atoms with van der Waals surface area (Å²) in [6, 6.07) is 3.93. The first kappa shape index (κ1) is 13.1. The number of hydrogen-bond acceptors (Lipinski definition) is 1. The van der Waals surface area contributed by atoms with E-state index >= 15 is 0 Å². The number of rotatable bonds is 5. The predicted octanol–water partition coefficient (Wildman–Crippen LogP) is 3.80. The molecule has 90 valence electrons. The Morgan fingerprint density at radius 1 is 1.19 bits per heavy atom. The third-order valence-corrected chi connectivity index (χ3v) is 2.69. The van der Waals surface area contributed by atoms with E-state index in [-0.39, 0.29) is 17.6 Å². The predicted molar refractivity (Wildman–Crippen MR) is 62.3 cm³/mol. The molecule has 1 aromatic rings. The minimum absolute atomic E-state index is 0.130. The van der Waals surface area contributed by atoms with Crippen LogP contribution >= 0.6 is 0 Å². The van der Waals surface area contributed by atoms with Crippen LogP contribution in [0.4, 0.5) is 8.78 Å². The number of halogens is 2. The Morgan fingerprint density at radius 2 is 1.75 bits per heavy atom. The lowest BCUT2D eigenvalue weighted by molar-refractivity contribution is 0.425. The van der Waals surface area contributed by atoms with E-state index in [4.69, 9.17) is 0 Å². The minimum Gasteiger partial charge on any atom is -0.308 e. The van der Waals surface area contributed by atoms with Gasteiger partial charge in [0.25, 0.3) is 0 Å². The van der Waals surface area contributed by atoms with Gasteiger partial charge in [0, 0.05) is 17.6 Å². The van der Waals surface area contributed by atoms with Crippen molar-refractivity contribution < 1.29 is 8.78 Å². The fraction of sp³-hybridized carbons (Fsp3) is 0.538. The summed E-state index contributed by atoms with van der Waals surface area (Å²) in [5, 5.41) is 3.20. The van der Waals surface area contributed by atoms with Crippen LogP contribution in [0.3, 0.4) is 0 Å². The quantitative estimate of drug-likeness (QED) is 0.806. The Hall–Kier alpha value is -0.960. The highest BCUT2D eigenvalue weighted by Crippen LogP contribution is 2.21. The van der Waals surface area contributed by atoms with Crippen LogP contribution in [0.1, 0.15) is 45.2 Å². The van der Waals surface area contributed by atoms with Crippen molar-refractivity contribution in [2.45, 2.75) is 45.7 Å². The lowest BCUT2D eigenvalue weighted by Gasteiger charge is -2.20. The van der Waals surface area contributed by atoms with Gasteiger partial charge in [-0.1, -0.05) is 19.4 Å². The third kappa shape index (κ3) is 3.27. The van der Waals surface area contributed by atoms with Gasteiger partial charge in [-0.3, -0.25) is 0 Å². The summed E-state index contributed by atoms with van der Waals surface area (Å²) >= 11 is 0. The zero-order chi connectivity index (χ0) is 12.1. The molecule has 1 rings (SSSR count). The highest BCUT2D eigenvalue weighted by Gasteiger charge is 2.16. The summed E-state index contributed by atoms with van der Waals surface area (Å²) in [5.74, 6) is -0.965. The van der Waals surface area contributed by atoms with Crippen molar-refractivity contribution in [3.63, 3.8) is 0 Å². The first-order valence-corrected chi connectivity index (χ1v) is 5.76. The molecule has 0 bridgehead atoms. The second-order valence-corrected chi connectivity index (χ2v) is 4.21. The highest BCUT2D eigenvalue weighted by atomic mass is 19.1. The molecule has 0 aliphatic heterocycles. The lowest BCUT2D eigenvalue weighted by Crippen LogP contribution is -2.29. The summed E-state index contributed by atoms with van der Waals surface area (Å²) in [6.45, 7) is 5.90. The molecule has 0 saturated carbocycles. The summed E-state index contributed by atoms with van der Waals surface area (Å²) in [4.78, 5) is 0. The molecule has 0 aromatic heterocycles. The van der Waals surface area contributed by atoms with Crippen molar-refractivity contribution in [1.29, 1.82) is 0 Å². The van der Waals surface area contributed by atoms with Crippen LogP contribution in [-0.2, 0) is 0 Å².